The smallest absolute Gasteiger partial charge is 0.181 e. The molecule has 0 saturated heterocycles. The quantitative estimate of drug-likeness (QED) is 0.390. The van der Waals surface area contributed by atoms with Gasteiger partial charge in [-0.25, -0.2) is 9.97 Å². The van der Waals surface area contributed by atoms with Gasteiger partial charge in [-0.1, -0.05) is 48.0 Å². The molecule has 3 aromatic heterocycles. The van der Waals surface area contributed by atoms with Crippen LogP contribution in [0.1, 0.15) is 5.69 Å². The van der Waals surface area contributed by atoms with Crippen LogP contribution in [-0.4, -0.2) is 20.2 Å². The number of aryl methyl sites for hydroxylation is 1. The van der Waals surface area contributed by atoms with E-state index in [9.17, 15) is 0 Å². The molecule has 0 radical (unpaired) electrons. The van der Waals surface area contributed by atoms with E-state index >= 15 is 0 Å². The van der Waals surface area contributed by atoms with Gasteiger partial charge in [-0.05, 0) is 36.6 Å². The average molecular weight is 387 g/mol. The molecule has 0 fully saturated rings. The molecular formula is C22H15ClN4O. The van der Waals surface area contributed by atoms with Crippen LogP contribution < -0.4 is 4.74 Å². The number of H-pyrrole nitrogens is 1. The second-order valence-electron chi connectivity index (χ2n) is 6.48. The van der Waals surface area contributed by atoms with E-state index in [0.717, 1.165) is 33.1 Å². The summed E-state index contributed by atoms with van der Waals surface area (Å²) in [6.45, 7) is 1.90. The van der Waals surface area contributed by atoms with Crippen molar-refractivity contribution in [1.82, 2.24) is 20.2 Å². The van der Waals surface area contributed by atoms with Crippen LogP contribution in [0.25, 0.3) is 33.1 Å². The number of pyridine rings is 2. The first kappa shape index (κ1) is 16.7. The molecule has 0 aliphatic carbocycles. The Labute approximate surface area is 166 Å². The van der Waals surface area contributed by atoms with Crippen molar-refractivity contribution >= 4 is 33.4 Å². The van der Waals surface area contributed by atoms with E-state index < -0.39 is 0 Å². The highest BCUT2D eigenvalue weighted by Crippen LogP contribution is 2.41. The first-order chi connectivity index (χ1) is 13.7. The zero-order chi connectivity index (χ0) is 19.1. The van der Waals surface area contributed by atoms with Crippen molar-refractivity contribution in [3.05, 3.63) is 77.7 Å². The summed E-state index contributed by atoms with van der Waals surface area (Å²) >= 11 is 6.52. The van der Waals surface area contributed by atoms with E-state index in [2.05, 4.69) is 20.2 Å². The van der Waals surface area contributed by atoms with E-state index in [-0.39, 0.29) is 0 Å². The molecule has 1 N–H and O–H groups in total. The zero-order valence-electron chi connectivity index (χ0n) is 15.0. The van der Waals surface area contributed by atoms with Crippen molar-refractivity contribution in [2.24, 2.45) is 0 Å². The lowest BCUT2D eigenvalue weighted by atomic mass is 10.1. The molecule has 5 nitrogen and oxygen atoms in total. The molecule has 3 heterocycles. The van der Waals surface area contributed by atoms with E-state index in [1.165, 1.54) is 0 Å². The molecule has 5 aromatic rings. The number of aromatic amines is 1. The zero-order valence-corrected chi connectivity index (χ0v) is 15.7. The molecule has 5 rings (SSSR count). The number of aromatic nitrogens is 4. The molecule has 0 saturated carbocycles. The van der Waals surface area contributed by atoms with Crippen molar-refractivity contribution in [1.29, 1.82) is 0 Å². The number of ether oxygens (including phenoxy) is 1. The third-order valence-corrected chi connectivity index (χ3v) is 4.88. The van der Waals surface area contributed by atoms with Gasteiger partial charge in [-0.15, -0.1) is 0 Å². The van der Waals surface area contributed by atoms with E-state index in [4.69, 9.17) is 16.3 Å². The van der Waals surface area contributed by atoms with Crippen molar-refractivity contribution < 1.29 is 4.74 Å². The number of nitrogens with zero attached hydrogens (tertiary/aromatic N) is 3. The number of fused-ring (bicyclic) bond motifs is 2. The van der Waals surface area contributed by atoms with Gasteiger partial charge in [-0.2, -0.15) is 5.10 Å². The van der Waals surface area contributed by atoms with Gasteiger partial charge in [0, 0.05) is 28.2 Å². The van der Waals surface area contributed by atoms with Crippen LogP contribution in [0, 0.1) is 6.92 Å². The Kier molecular flexibility index (Phi) is 3.95. The fourth-order valence-electron chi connectivity index (χ4n) is 3.36. The lowest BCUT2D eigenvalue weighted by Gasteiger charge is -2.14. The van der Waals surface area contributed by atoms with Gasteiger partial charge in [-0.3, -0.25) is 5.10 Å². The van der Waals surface area contributed by atoms with E-state index in [1.54, 1.807) is 6.20 Å². The lowest BCUT2D eigenvalue weighted by Crippen LogP contribution is -1.95. The van der Waals surface area contributed by atoms with Gasteiger partial charge in [0.25, 0.3) is 0 Å². The fourth-order valence-corrected chi connectivity index (χ4v) is 3.63. The summed E-state index contributed by atoms with van der Waals surface area (Å²) in [6.07, 6.45) is 1.71. The Morgan fingerprint density at radius 3 is 2.71 bits per heavy atom. The highest BCUT2D eigenvalue weighted by atomic mass is 35.5. The maximum absolute atomic E-state index is 6.52. The summed E-state index contributed by atoms with van der Waals surface area (Å²) in [5, 5.41) is 10.7. The Morgan fingerprint density at radius 2 is 1.79 bits per heavy atom. The number of benzene rings is 2. The molecule has 136 valence electrons. The second-order valence-corrected chi connectivity index (χ2v) is 6.84. The van der Waals surface area contributed by atoms with Crippen molar-refractivity contribution in [3.63, 3.8) is 0 Å². The highest BCUT2D eigenvalue weighted by molar-refractivity contribution is 6.31. The van der Waals surface area contributed by atoms with Crippen LogP contribution >= 0.6 is 11.6 Å². The predicted octanol–water partition coefficient (Wildman–Crippen LogP) is 5.93. The summed E-state index contributed by atoms with van der Waals surface area (Å²) in [7, 11) is 0. The van der Waals surface area contributed by atoms with Crippen LogP contribution in [0.5, 0.6) is 11.5 Å². The molecule has 0 aliphatic rings. The molecule has 0 bridgehead atoms. The Hall–Kier alpha value is -3.44. The molecular weight excluding hydrogens is 372 g/mol. The molecule has 28 heavy (non-hydrogen) atoms. The third-order valence-electron chi connectivity index (χ3n) is 4.62. The Morgan fingerprint density at radius 1 is 0.964 bits per heavy atom. The minimum Gasteiger partial charge on any atom is -0.453 e. The van der Waals surface area contributed by atoms with Gasteiger partial charge in [0.2, 0.25) is 0 Å². The fraction of sp³-hybridized carbons (Fsp3) is 0.0455. The van der Waals surface area contributed by atoms with Crippen LogP contribution in [0.15, 0.2) is 66.9 Å². The summed E-state index contributed by atoms with van der Waals surface area (Å²) in [5.74, 6) is 1.20. The lowest BCUT2D eigenvalue weighted by molar-refractivity contribution is 0.487. The number of rotatable bonds is 3. The summed E-state index contributed by atoms with van der Waals surface area (Å²) in [5.41, 5.74) is 3.02. The SMILES string of the molecule is Cc1cc(-c2[nH]nc3ncccc23)c(Oc2cccc3ccccc23)c(Cl)n1. The molecule has 0 spiro atoms. The molecule has 0 atom stereocenters. The molecule has 6 heteroatoms. The van der Waals surface area contributed by atoms with Gasteiger partial charge in [0.05, 0.1) is 5.69 Å². The van der Waals surface area contributed by atoms with Crippen molar-refractivity contribution in [2.45, 2.75) is 6.92 Å². The maximum Gasteiger partial charge on any atom is 0.181 e. The Balaban J connectivity index is 1.72. The van der Waals surface area contributed by atoms with Gasteiger partial charge in [0.15, 0.2) is 16.5 Å². The molecule has 0 unspecified atom stereocenters. The molecule has 0 amide bonds. The van der Waals surface area contributed by atoms with Crippen LogP contribution in [0.4, 0.5) is 0 Å². The Bertz CT molecular complexity index is 1320. The van der Waals surface area contributed by atoms with E-state index in [0.29, 0.717) is 22.3 Å². The van der Waals surface area contributed by atoms with Crippen molar-refractivity contribution in [2.75, 3.05) is 0 Å². The minimum atomic E-state index is 0.301. The van der Waals surface area contributed by atoms with Gasteiger partial charge in [0.1, 0.15) is 5.75 Å². The van der Waals surface area contributed by atoms with Crippen molar-refractivity contribution in [3.8, 4) is 22.8 Å². The summed E-state index contributed by atoms with van der Waals surface area (Å²) < 4.78 is 6.32. The van der Waals surface area contributed by atoms with Crippen LogP contribution in [0.3, 0.4) is 0 Å². The number of halogens is 1. The maximum atomic E-state index is 6.52. The largest absolute Gasteiger partial charge is 0.453 e. The summed E-state index contributed by atoms with van der Waals surface area (Å²) in [4.78, 5) is 8.69. The predicted molar refractivity (Wildman–Crippen MR) is 111 cm³/mol. The molecule has 2 aromatic carbocycles. The number of nitrogens with one attached hydrogen (secondary N) is 1. The standard InChI is InChI=1S/C22H15ClN4O/c1-13-12-17(19-16-9-5-11-24-22(16)27-26-19)20(21(23)25-13)28-18-10-4-7-14-6-2-3-8-15(14)18/h2-12H,1H3,(H,24,26,27). The third kappa shape index (κ3) is 2.77. The average Bonchev–Trinajstić information content (AvgIpc) is 3.14. The second kappa shape index (κ2) is 6.62. The normalized spacial score (nSPS) is 11.2. The summed E-state index contributed by atoms with van der Waals surface area (Å²) in [6, 6.07) is 19.8. The van der Waals surface area contributed by atoms with E-state index in [1.807, 2.05) is 67.6 Å². The first-order valence-corrected chi connectivity index (χ1v) is 9.21. The topological polar surface area (TPSA) is 63.7 Å². The highest BCUT2D eigenvalue weighted by Gasteiger charge is 2.19. The first-order valence-electron chi connectivity index (χ1n) is 8.83. The van der Waals surface area contributed by atoms with Gasteiger partial charge >= 0.3 is 0 Å². The van der Waals surface area contributed by atoms with Crippen LogP contribution in [0.2, 0.25) is 5.15 Å². The number of hydrogen-bond acceptors (Lipinski definition) is 4. The monoisotopic (exact) mass is 386 g/mol. The van der Waals surface area contributed by atoms with Crippen LogP contribution in [-0.2, 0) is 0 Å². The number of hydrogen-bond donors (Lipinski definition) is 1. The minimum absolute atomic E-state index is 0.301. The van der Waals surface area contributed by atoms with Gasteiger partial charge < -0.3 is 4.74 Å². The molecule has 0 aliphatic heterocycles.